The predicted octanol–water partition coefficient (Wildman–Crippen LogP) is -2.36. The van der Waals surface area contributed by atoms with Gasteiger partial charge >= 0.3 is 53.7 Å². The normalized spacial score (nSPS) is 13.6. The summed E-state index contributed by atoms with van der Waals surface area (Å²) in [6, 6.07) is 0. The van der Waals surface area contributed by atoms with Crippen molar-refractivity contribution in [2.75, 3.05) is 0 Å². The van der Waals surface area contributed by atoms with Crippen molar-refractivity contribution in [3.05, 3.63) is 0 Å². The molecule has 5 N–H and O–H groups in total. The molecule has 0 radical (unpaired) electrons. The molecule has 0 unspecified atom stereocenters. The van der Waals surface area contributed by atoms with Crippen molar-refractivity contribution in [1.29, 1.82) is 0 Å². The smallest absolute Gasteiger partial charge is 0.345 e. The van der Waals surface area contributed by atoms with Gasteiger partial charge in [-0.3, -0.25) is 24.0 Å². The number of rotatable bonds is 16. The molecule has 0 bridgehead atoms. The van der Waals surface area contributed by atoms with E-state index in [9.17, 15) is 43.2 Å². The van der Waals surface area contributed by atoms with E-state index in [4.69, 9.17) is 25.5 Å². The Bertz CT molecular complexity index is 847. The van der Waals surface area contributed by atoms with Crippen LogP contribution in [0.4, 0.5) is 0 Å². The van der Waals surface area contributed by atoms with Crippen LogP contribution in [0, 0.1) is 0 Å². The maximum absolute atomic E-state index is 12.0. The lowest BCUT2D eigenvalue weighted by Gasteiger charge is -2.18. The summed E-state index contributed by atoms with van der Waals surface area (Å²) in [6.45, 7) is 0.833. The van der Waals surface area contributed by atoms with Crippen LogP contribution in [0.1, 0.15) is 32.6 Å². The van der Waals surface area contributed by atoms with Crippen LogP contribution in [0.5, 0.6) is 0 Å². The zero-order valence-corrected chi connectivity index (χ0v) is 18.2. The van der Waals surface area contributed by atoms with E-state index in [1.807, 2.05) is 0 Å². The van der Waals surface area contributed by atoms with E-state index in [0.717, 1.165) is 6.92 Å². The summed E-state index contributed by atoms with van der Waals surface area (Å²) in [4.78, 5) is 101. The number of esters is 4. The maximum Gasteiger partial charge on any atom is 0.345 e. The number of carbonyl (C=O) groups is 9. The van der Waals surface area contributed by atoms with Crippen LogP contribution >= 0.6 is 0 Å². The minimum Gasteiger partial charge on any atom is -0.481 e. The topological polar surface area (TPSA) is 292 Å². The number of hydrogen-bond acceptors (Lipinski definition) is 13. The Morgan fingerprint density at radius 2 is 0.722 bits per heavy atom. The average Bonchev–Trinajstić information content (AvgIpc) is 2.70. The third-order valence-corrected chi connectivity index (χ3v) is 3.65. The lowest BCUT2D eigenvalue weighted by molar-refractivity contribution is -0.178. The molecule has 200 valence electrons. The first kappa shape index (κ1) is 31.2. The fourth-order valence-electron chi connectivity index (χ4n) is 2.15. The number of carboxylic acid groups (broad SMARTS) is 5. The van der Waals surface area contributed by atoms with Crippen molar-refractivity contribution < 1.29 is 87.6 Å². The third-order valence-electron chi connectivity index (χ3n) is 3.65. The molecule has 0 aromatic rings. The van der Waals surface area contributed by atoms with E-state index >= 15 is 0 Å². The molecule has 0 aromatic heterocycles. The molecule has 36 heavy (non-hydrogen) atoms. The summed E-state index contributed by atoms with van der Waals surface area (Å²) < 4.78 is 17.5. The highest BCUT2D eigenvalue weighted by Crippen LogP contribution is 2.11. The Morgan fingerprint density at radius 3 is 0.944 bits per heavy atom. The van der Waals surface area contributed by atoms with E-state index in [2.05, 4.69) is 18.9 Å². The molecule has 0 spiro atoms. The van der Waals surface area contributed by atoms with Gasteiger partial charge in [-0.2, -0.15) is 0 Å². The fraction of sp³-hybridized carbons (Fsp3) is 0.500. The van der Waals surface area contributed by atoms with Crippen LogP contribution in [0.25, 0.3) is 0 Å². The van der Waals surface area contributed by atoms with Gasteiger partial charge in [0.1, 0.15) is 0 Å². The van der Waals surface area contributed by atoms with Crippen LogP contribution in [0.3, 0.4) is 0 Å². The largest absolute Gasteiger partial charge is 0.481 e. The van der Waals surface area contributed by atoms with Crippen molar-refractivity contribution in [3.8, 4) is 0 Å². The fourth-order valence-corrected chi connectivity index (χ4v) is 2.15. The van der Waals surface area contributed by atoms with Crippen molar-refractivity contribution in [2.24, 2.45) is 0 Å². The Kier molecular flexibility index (Phi) is 12.6. The molecule has 0 saturated heterocycles. The summed E-state index contributed by atoms with van der Waals surface area (Å²) in [5.41, 5.74) is 0. The van der Waals surface area contributed by atoms with Crippen molar-refractivity contribution in [1.82, 2.24) is 0 Å². The van der Waals surface area contributed by atoms with E-state index in [1.54, 1.807) is 0 Å². The lowest BCUT2D eigenvalue weighted by atomic mass is 10.2. The molecule has 0 aliphatic carbocycles. The van der Waals surface area contributed by atoms with Crippen LogP contribution in [0.15, 0.2) is 0 Å². The zero-order chi connectivity index (χ0) is 28.2. The van der Waals surface area contributed by atoms with Crippen LogP contribution < -0.4 is 0 Å². The molecule has 0 saturated carbocycles. The molecule has 0 aliphatic heterocycles. The second kappa shape index (κ2) is 14.5. The molecule has 0 aromatic carbocycles. The van der Waals surface area contributed by atoms with Gasteiger partial charge in [0, 0.05) is 6.92 Å². The Morgan fingerprint density at radius 1 is 0.472 bits per heavy atom. The summed E-state index contributed by atoms with van der Waals surface area (Å²) >= 11 is 0. The number of carbonyl (C=O) groups excluding carboxylic acids is 4. The number of aliphatic carboxylic acids is 5. The second-order valence-electron chi connectivity index (χ2n) is 6.60. The Hall–Kier alpha value is -4.77. The van der Waals surface area contributed by atoms with Gasteiger partial charge in [0.25, 0.3) is 0 Å². The first-order valence-corrected chi connectivity index (χ1v) is 9.42. The van der Waals surface area contributed by atoms with Crippen LogP contribution in [-0.4, -0.2) is 104 Å². The van der Waals surface area contributed by atoms with Gasteiger partial charge in [-0.15, -0.1) is 0 Å². The van der Waals surface area contributed by atoms with E-state index < -0.39 is 104 Å². The van der Waals surface area contributed by atoms with E-state index in [1.165, 1.54) is 0 Å². The second-order valence-corrected chi connectivity index (χ2v) is 6.60. The summed E-state index contributed by atoms with van der Waals surface area (Å²) in [5, 5.41) is 44.4. The Balaban J connectivity index is 5.18. The van der Waals surface area contributed by atoms with Gasteiger partial charge in [-0.25, -0.2) is 19.2 Å². The average molecular weight is 524 g/mol. The first-order chi connectivity index (χ1) is 16.5. The van der Waals surface area contributed by atoms with Crippen LogP contribution in [0.2, 0.25) is 0 Å². The molecule has 0 amide bonds. The van der Waals surface area contributed by atoms with Gasteiger partial charge in [-0.1, -0.05) is 0 Å². The van der Waals surface area contributed by atoms with Crippen molar-refractivity contribution in [2.45, 2.75) is 57.0 Å². The number of carboxylic acids is 5. The van der Waals surface area contributed by atoms with Gasteiger partial charge in [-0.05, 0) is 0 Å². The maximum atomic E-state index is 12.0. The monoisotopic (exact) mass is 524 g/mol. The highest BCUT2D eigenvalue weighted by atomic mass is 16.6. The van der Waals surface area contributed by atoms with Gasteiger partial charge in [0.05, 0.1) is 25.7 Å². The summed E-state index contributed by atoms with van der Waals surface area (Å²) in [6.07, 6.45) is -13.8. The molecule has 18 heteroatoms. The SMILES string of the molecule is CC(=O)O[C@@H](CC(=O)O[C@@H](CC(=O)O[C@@H](CC(=O)O[C@@H](CC(=O)O)C(=O)O)C(=O)O)C(=O)O)C(=O)O. The van der Waals surface area contributed by atoms with Crippen LogP contribution in [-0.2, 0) is 62.1 Å². The first-order valence-electron chi connectivity index (χ1n) is 9.42. The molecule has 0 heterocycles. The molecule has 18 nitrogen and oxygen atoms in total. The molecular weight excluding hydrogens is 504 g/mol. The lowest BCUT2D eigenvalue weighted by Crippen LogP contribution is -2.37. The van der Waals surface area contributed by atoms with Crippen molar-refractivity contribution in [3.63, 3.8) is 0 Å². The quantitative estimate of drug-likeness (QED) is 0.104. The third kappa shape index (κ3) is 12.5. The molecule has 0 rings (SSSR count). The number of hydrogen-bond donors (Lipinski definition) is 5. The molecule has 0 fully saturated rings. The minimum atomic E-state index is -2.34. The van der Waals surface area contributed by atoms with E-state index in [0.29, 0.717) is 0 Å². The predicted molar refractivity (Wildman–Crippen MR) is 102 cm³/mol. The number of ether oxygens (including phenoxy) is 4. The van der Waals surface area contributed by atoms with Gasteiger partial charge in [0.2, 0.25) is 24.4 Å². The molecule has 0 aliphatic rings. The summed E-state index contributed by atoms with van der Waals surface area (Å²) in [7, 11) is 0. The summed E-state index contributed by atoms with van der Waals surface area (Å²) in [5.74, 6) is -15.0. The van der Waals surface area contributed by atoms with Crippen molar-refractivity contribution >= 4 is 53.7 Å². The Labute approximate surface area is 199 Å². The van der Waals surface area contributed by atoms with Gasteiger partial charge < -0.3 is 44.5 Å². The minimum absolute atomic E-state index is 0.833. The van der Waals surface area contributed by atoms with E-state index in [-0.39, 0.29) is 0 Å². The highest BCUT2D eigenvalue weighted by Gasteiger charge is 2.34. The highest BCUT2D eigenvalue weighted by molar-refractivity contribution is 5.88. The molecular formula is C18H20O18. The standard InChI is InChI=1S/C18H20O18/c1-6(19)33-8(16(27)28)3-12(22)35-10(18(31)32)5-14(24)36-9(17(29)30)4-13(23)34-7(15(25)26)2-11(20)21/h7-10H,2-5H2,1H3,(H,20,21)(H,25,26)(H,27,28)(H,29,30)(H,31,32)/t7-,8-,9-,10-/m0/s1. The molecule has 4 atom stereocenters. The van der Waals surface area contributed by atoms with Gasteiger partial charge in [0.15, 0.2) is 0 Å². The zero-order valence-electron chi connectivity index (χ0n) is 18.2.